The SMILES string of the molecule is CNC(C(=O)Oc1ccc(-c2cc(Cn3cnc4c(N)ncnc43)c(N3CCC[C@](N)([C@H](O)C(F)F)C3)cn2)nc1F)C(C)C. The molecule has 3 atom stereocenters. The zero-order valence-electron chi connectivity index (χ0n) is 25.0. The summed E-state index contributed by atoms with van der Waals surface area (Å²) in [6.07, 6.45) is 0.0327. The number of nitrogen functional groups attached to an aromatic ring is 1. The molecule has 0 aromatic carbocycles. The van der Waals surface area contributed by atoms with Gasteiger partial charge >= 0.3 is 5.97 Å². The number of imidazole rings is 1. The minimum atomic E-state index is -3.00. The maximum Gasteiger partial charge on any atom is 0.328 e. The Morgan fingerprint density at radius 2 is 1.98 bits per heavy atom. The van der Waals surface area contributed by atoms with Crippen molar-refractivity contribution < 1.29 is 27.8 Å². The molecule has 240 valence electrons. The third-order valence-corrected chi connectivity index (χ3v) is 7.98. The minimum Gasteiger partial charge on any atom is -0.420 e. The van der Waals surface area contributed by atoms with Gasteiger partial charge in [-0.1, -0.05) is 13.8 Å². The molecule has 45 heavy (non-hydrogen) atoms. The summed E-state index contributed by atoms with van der Waals surface area (Å²) >= 11 is 0. The molecule has 0 radical (unpaired) electrons. The molecule has 0 amide bonds. The number of nitrogens with two attached hydrogens (primary N) is 2. The predicted molar refractivity (Wildman–Crippen MR) is 160 cm³/mol. The van der Waals surface area contributed by atoms with E-state index >= 15 is 4.39 Å². The fourth-order valence-corrected chi connectivity index (χ4v) is 5.59. The topological polar surface area (TPSA) is 183 Å². The smallest absolute Gasteiger partial charge is 0.328 e. The van der Waals surface area contributed by atoms with Crippen molar-refractivity contribution in [1.29, 1.82) is 0 Å². The summed E-state index contributed by atoms with van der Waals surface area (Å²) in [4.78, 5) is 35.4. The van der Waals surface area contributed by atoms with Crippen LogP contribution in [0, 0.1) is 11.9 Å². The van der Waals surface area contributed by atoms with Crippen LogP contribution in [0.1, 0.15) is 32.3 Å². The van der Waals surface area contributed by atoms with Crippen LogP contribution in [0.3, 0.4) is 0 Å². The Kier molecular flexibility index (Phi) is 9.18. The lowest BCUT2D eigenvalue weighted by Crippen LogP contribution is -2.63. The van der Waals surface area contributed by atoms with Crippen molar-refractivity contribution in [3.63, 3.8) is 0 Å². The molecular weight excluding hydrogens is 593 g/mol. The van der Waals surface area contributed by atoms with E-state index in [1.54, 1.807) is 28.9 Å². The number of alkyl halides is 2. The number of aromatic nitrogens is 6. The van der Waals surface area contributed by atoms with Crippen LogP contribution in [0.15, 0.2) is 37.1 Å². The third-order valence-electron chi connectivity index (χ3n) is 7.98. The van der Waals surface area contributed by atoms with Gasteiger partial charge in [0.25, 0.3) is 12.4 Å². The summed E-state index contributed by atoms with van der Waals surface area (Å²) in [5.74, 6) is -1.85. The maximum absolute atomic E-state index is 15.1. The van der Waals surface area contributed by atoms with Gasteiger partial charge in [0.1, 0.15) is 24.0 Å². The van der Waals surface area contributed by atoms with Crippen molar-refractivity contribution >= 4 is 28.6 Å². The highest BCUT2D eigenvalue weighted by atomic mass is 19.3. The van der Waals surface area contributed by atoms with Gasteiger partial charge in [-0.2, -0.15) is 4.39 Å². The first-order valence-corrected chi connectivity index (χ1v) is 14.4. The molecule has 1 fully saturated rings. The van der Waals surface area contributed by atoms with E-state index in [9.17, 15) is 18.7 Å². The summed E-state index contributed by atoms with van der Waals surface area (Å²) < 4.78 is 49.1. The van der Waals surface area contributed by atoms with E-state index in [0.717, 1.165) is 0 Å². The molecule has 1 aliphatic heterocycles. The first-order chi connectivity index (χ1) is 21.4. The van der Waals surface area contributed by atoms with Crippen molar-refractivity contribution in [2.45, 2.75) is 57.3 Å². The van der Waals surface area contributed by atoms with Gasteiger partial charge in [0.05, 0.1) is 41.7 Å². The number of likely N-dealkylation sites (N-methyl/N-ethyl adjacent to an activating group) is 1. The Morgan fingerprint density at radius 1 is 1.20 bits per heavy atom. The van der Waals surface area contributed by atoms with Crippen molar-refractivity contribution in [3.8, 4) is 17.1 Å². The lowest BCUT2D eigenvalue weighted by atomic mass is 9.84. The van der Waals surface area contributed by atoms with Crippen LogP contribution in [-0.2, 0) is 11.3 Å². The third kappa shape index (κ3) is 6.53. The molecule has 0 bridgehead atoms. The molecule has 0 saturated carbocycles. The number of hydrogen-bond donors (Lipinski definition) is 4. The number of fused-ring (bicyclic) bond motifs is 1. The number of ether oxygens (including phenoxy) is 1. The number of aliphatic hydroxyl groups excluding tert-OH is 1. The number of esters is 1. The molecule has 0 aliphatic carbocycles. The number of hydrogen-bond acceptors (Lipinski definition) is 12. The molecule has 1 unspecified atom stereocenters. The fourth-order valence-electron chi connectivity index (χ4n) is 5.59. The van der Waals surface area contributed by atoms with Gasteiger partial charge < -0.3 is 36.1 Å². The van der Waals surface area contributed by atoms with Gasteiger partial charge in [0, 0.05) is 13.1 Å². The van der Waals surface area contributed by atoms with Crippen molar-refractivity contribution in [2.75, 3.05) is 30.8 Å². The second-order valence-corrected chi connectivity index (χ2v) is 11.5. The molecule has 1 aliphatic rings. The number of nitrogens with zero attached hydrogens (tertiary/aromatic N) is 7. The van der Waals surface area contributed by atoms with Gasteiger partial charge in [-0.05, 0) is 49.6 Å². The highest BCUT2D eigenvalue weighted by molar-refractivity contribution is 5.81. The van der Waals surface area contributed by atoms with Crippen molar-refractivity contribution in [1.82, 2.24) is 34.8 Å². The molecule has 13 nitrogen and oxygen atoms in total. The van der Waals surface area contributed by atoms with E-state index in [4.69, 9.17) is 16.2 Å². The first-order valence-electron chi connectivity index (χ1n) is 14.4. The normalized spacial score (nSPS) is 18.5. The molecule has 0 spiro atoms. The second-order valence-electron chi connectivity index (χ2n) is 11.5. The van der Waals surface area contributed by atoms with Crippen molar-refractivity contribution in [2.24, 2.45) is 11.7 Å². The maximum atomic E-state index is 15.1. The summed E-state index contributed by atoms with van der Waals surface area (Å²) in [5, 5.41) is 13.1. The summed E-state index contributed by atoms with van der Waals surface area (Å²) in [6, 6.07) is 3.84. The monoisotopic (exact) mass is 628 g/mol. The molecule has 4 aromatic rings. The number of carbonyl (C=O) groups excluding carboxylic acids is 1. The Labute approximate surface area is 256 Å². The Balaban J connectivity index is 1.51. The summed E-state index contributed by atoms with van der Waals surface area (Å²) in [7, 11) is 1.61. The van der Waals surface area contributed by atoms with Crippen LogP contribution in [0.5, 0.6) is 5.75 Å². The lowest BCUT2D eigenvalue weighted by Gasteiger charge is -2.44. The van der Waals surface area contributed by atoms with E-state index in [2.05, 4.69) is 30.2 Å². The average Bonchev–Trinajstić information content (AvgIpc) is 3.41. The van der Waals surface area contributed by atoms with Gasteiger partial charge in [0.2, 0.25) is 0 Å². The van der Waals surface area contributed by atoms with E-state index in [0.29, 0.717) is 41.1 Å². The molecule has 5 rings (SSSR count). The predicted octanol–water partition coefficient (Wildman–Crippen LogP) is 2.13. The minimum absolute atomic E-state index is 0.0523. The van der Waals surface area contributed by atoms with Crippen LogP contribution >= 0.6 is 0 Å². The molecule has 6 N–H and O–H groups in total. The molecular formula is C29H35F3N10O3. The summed E-state index contributed by atoms with van der Waals surface area (Å²) in [6.45, 7) is 4.27. The number of aliphatic hydroxyl groups is 1. The lowest BCUT2D eigenvalue weighted by molar-refractivity contribution is -0.138. The number of anilines is 2. The van der Waals surface area contributed by atoms with Gasteiger partial charge in [-0.3, -0.25) is 4.98 Å². The Bertz CT molecular complexity index is 1690. The number of piperidine rings is 1. The number of pyridine rings is 2. The van der Waals surface area contributed by atoms with E-state index in [-0.39, 0.29) is 42.7 Å². The standard InChI is InChI=1S/C29H35F3N10O3/c1-15(2)21(35-3)28(44)45-20-6-5-17(40-25(20)32)18-9-16(11-42-14-39-22-26(33)37-13-38-27(22)42)19(10-36-18)41-8-4-7-29(34,12-41)23(43)24(30)31/h5-6,9-10,13-15,21,23-24,35,43H,4,7-8,11-12,34H2,1-3H3,(H2,33,37,38)/t21?,23-,29-/m1/s1. The van der Waals surface area contributed by atoms with Gasteiger partial charge in [-0.15, -0.1) is 0 Å². The number of rotatable bonds is 10. The van der Waals surface area contributed by atoms with Crippen LogP contribution in [0.4, 0.5) is 24.7 Å². The summed E-state index contributed by atoms with van der Waals surface area (Å²) in [5.41, 5.74) is 13.2. The van der Waals surface area contributed by atoms with Crippen LogP contribution in [0.25, 0.3) is 22.6 Å². The number of halogens is 3. The molecule has 5 heterocycles. The van der Waals surface area contributed by atoms with Crippen molar-refractivity contribution in [3.05, 3.63) is 48.6 Å². The van der Waals surface area contributed by atoms with Gasteiger partial charge in [0.15, 0.2) is 17.2 Å². The zero-order chi connectivity index (χ0) is 32.5. The molecule has 16 heteroatoms. The highest BCUT2D eigenvalue weighted by Gasteiger charge is 2.43. The highest BCUT2D eigenvalue weighted by Crippen LogP contribution is 2.33. The Morgan fingerprint density at radius 3 is 2.67 bits per heavy atom. The van der Waals surface area contributed by atoms with E-state index in [1.165, 1.54) is 24.7 Å². The zero-order valence-corrected chi connectivity index (χ0v) is 25.0. The van der Waals surface area contributed by atoms with Gasteiger partial charge in [-0.25, -0.2) is 33.5 Å². The van der Waals surface area contributed by atoms with Crippen LogP contribution in [-0.4, -0.2) is 84.8 Å². The number of nitrogens with one attached hydrogen (secondary N) is 1. The molecule has 1 saturated heterocycles. The fraction of sp³-hybridized carbons (Fsp3) is 0.448. The first kappa shape index (κ1) is 32.0. The van der Waals surface area contributed by atoms with Crippen LogP contribution in [0.2, 0.25) is 0 Å². The second kappa shape index (κ2) is 12.9. The molecule has 4 aromatic heterocycles. The largest absolute Gasteiger partial charge is 0.420 e. The number of carbonyl (C=O) groups is 1. The van der Waals surface area contributed by atoms with Crippen LogP contribution < -0.4 is 26.4 Å². The quantitative estimate of drug-likeness (QED) is 0.148. The van der Waals surface area contributed by atoms with E-state index < -0.39 is 36.0 Å². The van der Waals surface area contributed by atoms with E-state index in [1.807, 2.05) is 13.8 Å². The Hall–Kier alpha value is -4.41. The average molecular weight is 629 g/mol.